The monoisotopic (exact) mass is 433 g/mol. The van der Waals surface area contributed by atoms with Crippen molar-refractivity contribution >= 4 is 0 Å². The van der Waals surface area contributed by atoms with Gasteiger partial charge < -0.3 is 4.98 Å². The first-order chi connectivity index (χ1) is 7.97. The van der Waals surface area contributed by atoms with Gasteiger partial charge in [-0.05, 0) is 5.69 Å². The molecule has 0 amide bonds. The number of hydrogen-bond donors (Lipinski definition) is 0. The summed E-state index contributed by atoms with van der Waals surface area (Å²) in [5.74, 6) is -0.458. The number of rotatable bonds is 1. The van der Waals surface area contributed by atoms with E-state index in [1.807, 2.05) is 0 Å². The molecule has 0 saturated heterocycles. The van der Waals surface area contributed by atoms with E-state index >= 15 is 0 Å². The van der Waals surface area contributed by atoms with Crippen LogP contribution in [0.4, 0.5) is 17.6 Å². The van der Waals surface area contributed by atoms with Crippen molar-refractivity contribution in [2.45, 2.75) is 6.18 Å². The molecule has 1 aromatic carbocycles. The van der Waals surface area contributed by atoms with Gasteiger partial charge in [0.15, 0.2) is 0 Å². The third kappa shape index (κ3) is 3.37. The molecule has 0 unspecified atom stereocenters. The van der Waals surface area contributed by atoms with Crippen LogP contribution in [0.15, 0.2) is 36.5 Å². The van der Waals surface area contributed by atoms with E-state index in [2.05, 4.69) is 11.1 Å². The molecular formula is C12H6F4IrN-. The molecule has 0 aliphatic carbocycles. The topological polar surface area (TPSA) is 12.9 Å². The van der Waals surface area contributed by atoms with Crippen LogP contribution in [0.25, 0.3) is 11.3 Å². The Morgan fingerprint density at radius 3 is 2.22 bits per heavy atom. The van der Waals surface area contributed by atoms with Gasteiger partial charge in [-0.25, -0.2) is 0 Å². The second-order valence-corrected chi connectivity index (χ2v) is 3.35. The largest absolute Gasteiger partial charge is 0.417 e. The minimum absolute atomic E-state index is 0. The summed E-state index contributed by atoms with van der Waals surface area (Å²) in [6, 6.07) is 8.46. The van der Waals surface area contributed by atoms with E-state index in [0.29, 0.717) is 11.3 Å². The third-order valence-electron chi connectivity index (χ3n) is 2.14. The first kappa shape index (κ1) is 14.8. The zero-order chi connectivity index (χ0) is 12.5. The number of aromatic nitrogens is 1. The fraction of sp³-hybridized carbons (Fsp3) is 0.0833. The number of alkyl halides is 3. The Hall–Kier alpha value is -1.26. The maximum absolute atomic E-state index is 12.6. The van der Waals surface area contributed by atoms with Crippen LogP contribution in [0.3, 0.4) is 0 Å². The van der Waals surface area contributed by atoms with E-state index in [4.69, 9.17) is 0 Å². The molecule has 1 radical (unpaired) electrons. The van der Waals surface area contributed by atoms with Gasteiger partial charge >= 0.3 is 6.18 Å². The van der Waals surface area contributed by atoms with E-state index < -0.39 is 17.6 Å². The Kier molecular flexibility index (Phi) is 4.59. The Morgan fingerprint density at radius 1 is 1.06 bits per heavy atom. The Bertz CT molecular complexity index is 505. The SMILES string of the molecule is Fc1c[c-]c(-c2ccc(C(F)(F)F)cn2)cc1.[Ir]. The summed E-state index contributed by atoms with van der Waals surface area (Å²) in [5, 5.41) is 0. The summed E-state index contributed by atoms with van der Waals surface area (Å²) >= 11 is 0. The molecule has 6 heteroatoms. The summed E-state index contributed by atoms with van der Waals surface area (Å²) < 4.78 is 49.5. The zero-order valence-electron chi connectivity index (χ0n) is 8.76. The summed E-state index contributed by atoms with van der Waals surface area (Å²) in [6.45, 7) is 0. The Morgan fingerprint density at radius 2 is 1.78 bits per heavy atom. The molecular weight excluding hydrogens is 426 g/mol. The van der Waals surface area contributed by atoms with Crippen molar-refractivity contribution < 1.29 is 37.7 Å². The minimum Gasteiger partial charge on any atom is -0.304 e. The van der Waals surface area contributed by atoms with E-state index in [9.17, 15) is 17.6 Å². The van der Waals surface area contributed by atoms with Crippen molar-refractivity contribution in [2.75, 3.05) is 0 Å². The van der Waals surface area contributed by atoms with Crippen molar-refractivity contribution in [1.82, 2.24) is 4.98 Å². The average molecular weight is 432 g/mol. The van der Waals surface area contributed by atoms with Gasteiger partial charge in [0.1, 0.15) is 0 Å². The number of hydrogen-bond acceptors (Lipinski definition) is 1. The minimum atomic E-state index is -4.40. The van der Waals surface area contributed by atoms with Gasteiger partial charge in [-0.15, -0.1) is 29.8 Å². The molecule has 0 spiro atoms. The van der Waals surface area contributed by atoms with Gasteiger partial charge in [0.25, 0.3) is 0 Å². The molecule has 1 nitrogen and oxygen atoms in total. The quantitative estimate of drug-likeness (QED) is 0.495. The predicted molar refractivity (Wildman–Crippen MR) is 53.5 cm³/mol. The van der Waals surface area contributed by atoms with Crippen LogP contribution in [-0.2, 0) is 26.3 Å². The van der Waals surface area contributed by atoms with Crippen LogP contribution >= 0.6 is 0 Å². The van der Waals surface area contributed by atoms with E-state index in [1.165, 1.54) is 18.2 Å². The van der Waals surface area contributed by atoms with Crippen molar-refractivity contribution in [3.05, 3.63) is 54.0 Å². The Labute approximate surface area is 114 Å². The smallest absolute Gasteiger partial charge is 0.304 e. The number of halogens is 4. The molecule has 97 valence electrons. The fourth-order valence-corrected chi connectivity index (χ4v) is 1.29. The van der Waals surface area contributed by atoms with Gasteiger partial charge in [0, 0.05) is 32.1 Å². The second-order valence-electron chi connectivity index (χ2n) is 3.35. The summed E-state index contributed by atoms with van der Waals surface area (Å²) in [7, 11) is 0. The molecule has 0 bridgehead atoms. The summed E-state index contributed by atoms with van der Waals surface area (Å²) in [4.78, 5) is 3.67. The standard InChI is InChI=1S/C12H6F4N.Ir/c13-10-4-1-8(2-5-10)11-6-3-9(7-17-11)12(14,15)16;/h1,3-7H;/q-1;. The Balaban J connectivity index is 0.00000162. The van der Waals surface area contributed by atoms with E-state index in [-0.39, 0.29) is 20.1 Å². The number of pyridine rings is 1. The molecule has 0 fully saturated rings. The molecule has 0 saturated carbocycles. The molecule has 0 atom stereocenters. The summed E-state index contributed by atoms with van der Waals surface area (Å²) in [6.07, 6.45) is -3.66. The molecule has 0 aliphatic rings. The van der Waals surface area contributed by atoms with Crippen molar-refractivity contribution in [2.24, 2.45) is 0 Å². The van der Waals surface area contributed by atoms with Gasteiger partial charge in [0.2, 0.25) is 0 Å². The second kappa shape index (κ2) is 5.59. The normalized spacial score (nSPS) is 10.9. The average Bonchev–Trinajstić information content (AvgIpc) is 2.29. The molecule has 2 rings (SSSR count). The fourth-order valence-electron chi connectivity index (χ4n) is 1.29. The molecule has 2 aromatic rings. The van der Waals surface area contributed by atoms with Crippen LogP contribution in [-0.4, -0.2) is 4.98 Å². The van der Waals surface area contributed by atoms with Gasteiger partial charge in [-0.2, -0.15) is 13.2 Å². The predicted octanol–water partition coefficient (Wildman–Crippen LogP) is 3.70. The van der Waals surface area contributed by atoms with Gasteiger partial charge in [0.05, 0.1) is 5.56 Å². The van der Waals surface area contributed by atoms with Gasteiger partial charge in [-0.3, -0.25) is 4.39 Å². The number of nitrogens with zero attached hydrogens (tertiary/aromatic N) is 1. The molecule has 1 heterocycles. The van der Waals surface area contributed by atoms with E-state index in [1.54, 1.807) is 0 Å². The number of benzene rings is 1. The maximum Gasteiger partial charge on any atom is 0.417 e. The van der Waals surface area contributed by atoms with Crippen LogP contribution in [0.1, 0.15) is 5.56 Å². The third-order valence-corrected chi connectivity index (χ3v) is 2.14. The molecule has 18 heavy (non-hydrogen) atoms. The van der Waals surface area contributed by atoms with Crippen molar-refractivity contribution in [3.8, 4) is 11.3 Å². The first-order valence-corrected chi connectivity index (χ1v) is 4.68. The maximum atomic E-state index is 12.6. The van der Waals surface area contributed by atoms with Crippen molar-refractivity contribution in [3.63, 3.8) is 0 Å². The van der Waals surface area contributed by atoms with Crippen LogP contribution < -0.4 is 0 Å². The van der Waals surface area contributed by atoms with Gasteiger partial charge in [-0.1, -0.05) is 12.1 Å². The van der Waals surface area contributed by atoms with Crippen LogP contribution in [0, 0.1) is 11.9 Å². The van der Waals surface area contributed by atoms with Crippen LogP contribution in [0.2, 0.25) is 0 Å². The van der Waals surface area contributed by atoms with Crippen molar-refractivity contribution in [1.29, 1.82) is 0 Å². The molecule has 0 N–H and O–H groups in total. The van der Waals surface area contributed by atoms with E-state index in [0.717, 1.165) is 18.3 Å². The summed E-state index contributed by atoms with van der Waals surface area (Å²) in [5.41, 5.74) is -0.0542. The zero-order valence-corrected chi connectivity index (χ0v) is 11.2. The van der Waals surface area contributed by atoms with Crippen LogP contribution in [0.5, 0.6) is 0 Å². The first-order valence-electron chi connectivity index (χ1n) is 4.68. The molecule has 1 aromatic heterocycles. The molecule has 0 aliphatic heterocycles.